The van der Waals surface area contributed by atoms with E-state index in [1.165, 1.54) is 16.9 Å². The molecule has 1 N–H and O–H groups in total. The molecule has 2 aromatic carbocycles. The second-order valence-corrected chi connectivity index (χ2v) is 6.82. The summed E-state index contributed by atoms with van der Waals surface area (Å²) in [5, 5.41) is 10.8. The number of benzene rings is 2. The van der Waals surface area contributed by atoms with Gasteiger partial charge in [-0.2, -0.15) is 9.90 Å². The third kappa shape index (κ3) is 4.66. The molecule has 3 rings (SSSR count). The van der Waals surface area contributed by atoms with E-state index < -0.39 is 24.3 Å². The largest absolute Gasteiger partial charge is 0.451 e. The second kappa shape index (κ2) is 8.22. The molecule has 0 unspecified atom stereocenters. The number of hydrogen-bond donors (Lipinski definition) is 1. The van der Waals surface area contributed by atoms with Crippen LogP contribution in [-0.2, 0) is 9.53 Å². The normalized spacial score (nSPS) is 10.7. The van der Waals surface area contributed by atoms with E-state index in [-0.39, 0.29) is 11.4 Å². The molecular formula is C21H21FN4O3. The van der Waals surface area contributed by atoms with Gasteiger partial charge in [-0.05, 0) is 57.0 Å². The predicted molar refractivity (Wildman–Crippen MR) is 106 cm³/mol. The molecule has 0 aliphatic heterocycles. The van der Waals surface area contributed by atoms with Gasteiger partial charge in [0.2, 0.25) is 0 Å². The molecule has 0 bridgehead atoms. The van der Waals surface area contributed by atoms with Crippen LogP contribution in [0.25, 0.3) is 5.69 Å². The molecule has 7 nitrogen and oxygen atoms in total. The Balaban J connectivity index is 1.66. The number of aromatic nitrogens is 3. The lowest BCUT2D eigenvalue weighted by atomic mass is 10.1. The van der Waals surface area contributed by atoms with Gasteiger partial charge in [0.1, 0.15) is 5.82 Å². The van der Waals surface area contributed by atoms with E-state index in [4.69, 9.17) is 4.74 Å². The minimum absolute atomic E-state index is 0.0132. The zero-order valence-corrected chi connectivity index (χ0v) is 16.6. The van der Waals surface area contributed by atoms with Crippen molar-refractivity contribution in [2.24, 2.45) is 0 Å². The summed E-state index contributed by atoms with van der Waals surface area (Å²) in [7, 11) is 0. The first-order valence-corrected chi connectivity index (χ1v) is 8.99. The Bertz CT molecular complexity index is 1090. The molecule has 0 saturated heterocycles. The maximum absolute atomic E-state index is 13.8. The highest BCUT2D eigenvalue weighted by Crippen LogP contribution is 2.17. The van der Waals surface area contributed by atoms with Crippen molar-refractivity contribution >= 4 is 17.6 Å². The molecule has 29 heavy (non-hydrogen) atoms. The van der Waals surface area contributed by atoms with Gasteiger partial charge in [-0.1, -0.05) is 23.8 Å². The molecular weight excluding hydrogens is 375 g/mol. The molecule has 8 heteroatoms. The lowest BCUT2D eigenvalue weighted by Crippen LogP contribution is -2.22. The molecule has 0 aliphatic carbocycles. The number of nitrogens with zero attached hydrogens (tertiary/aromatic N) is 3. The summed E-state index contributed by atoms with van der Waals surface area (Å²) in [6, 6.07) is 10.2. The number of ether oxygens (including phenoxy) is 1. The van der Waals surface area contributed by atoms with E-state index in [1.54, 1.807) is 19.9 Å². The molecule has 0 spiro atoms. The SMILES string of the molecule is Cc1ccc(-n2nc(C)c(C(=O)OCC(=O)Nc3ccc(C)cc3F)n2)c(C)c1. The molecule has 0 fully saturated rings. The van der Waals surface area contributed by atoms with Crippen LogP contribution in [0.15, 0.2) is 36.4 Å². The number of nitrogens with one attached hydrogen (secondary N) is 1. The molecule has 3 aromatic rings. The lowest BCUT2D eigenvalue weighted by Gasteiger charge is -2.07. The van der Waals surface area contributed by atoms with Crippen molar-refractivity contribution in [2.75, 3.05) is 11.9 Å². The van der Waals surface area contributed by atoms with Gasteiger partial charge in [0, 0.05) is 0 Å². The minimum atomic E-state index is -0.780. The molecule has 0 atom stereocenters. The Morgan fingerprint density at radius 2 is 1.72 bits per heavy atom. The molecule has 0 saturated carbocycles. The molecule has 1 aromatic heterocycles. The summed E-state index contributed by atoms with van der Waals surface area (Å²) >= 11 is 0. The molecule has 0 aliphatic rings. The maximum atomic E-state index is 13.8. The summed E-state index contributed by atoms with van der Waals surface area (Å²) in [6.07, 6.45) is 0. The summed E-state index contributed by atoms with van der Waals surface area (Å²) in [4.78, 5) is 25.7. The first-order valence-electron chi connectivity index (χ1n) is 8.99. The fraction of sp³-hybridized carbons (Fsp3) is 0.238. The molecule has 0 radical (unpaired) electrons. The van der Waals surface area contributed by atoms with Gasteiger partial charge in [0.15, 0.2) is 12.3 Å². The number of hydrogen-bond acceptors (Lipinski definition) is 5. The second-order valence-electron chi connectivity index (χ2n) is 6.82. The summed E-state index contributed by atoms with van der Waals surface area (Å²) < 4.78 is 18.8. The highest BCUT2D eigenvalue weighted by molar-refractivity contribution is 5.95. The van der Waals surface area contributed by atoms with Crippen LogP contribution in [0.1, 0.15) is 32.9 Å². The van der Waals surface area contributed by atoms with Crippen LogP contribution in [0.4, 0.5) is 10.1 Å². The van der Waals surface area contributed by atoms with Gasteiger partial charge < -0.3 is 10.1 Å². The van der Waals surface area contributed by atoms with Crippen molar-refractivity contribution < 1.29 is 18.7 Å². The van der Waals surface area contributed by atoms with E-state index in [0.29, 0.717) is 5.69 Å². The Kier molecular flexibility index (Phi) is 5.72. The van der Waals surface area contributed by atoms with Gasteiger partial charge >= 0.3 is 5.97 Å². The Morgan fingerprint density at radius 3 is 2.41 bits per heavy atom. The van der Waals surface area contributed by atoms with Gasteiger partial charge in [-0.15, -0.1) is 5.10 Å². The van der Waals surface area contributed by atoms with E-state index in [2.05, 4.69) is 15.5 Å². The van der Waals surface area contributed by atoms with Gasteiger partial charge in [0.05, 0.1) is 17.1 Å². The van der Waals surface area contributed by atoms with Crippen LogP contribution in [0.3, 0.4) is 0 Å². The van der Waals surface area contributed by atoms with Crippen molar-refractivity contribution in [2.45, 2.75) is 27.7 Å². The van der Waals surface area contributed by atoms with Crippen molar-refractivity contribution in [3.63, 3.8) is 0 Å². The van der Waals surface area contributed by atoms with Gasteiger partial charge in [0.25, 0.3) is 5.91 Å². The van der Waals surface area contributed by atoms with Crippen LogP contribution in [0.5, 0.6) is 0 Å². The summed E-state index contributed by atoms with van der Waals surface area (Å²) in [5.74, 6) is -1.99. The fourth-order valence-corrected chi connectivity index (χ4v) is 2.81. The zero-order chi connectivity index (χ0) is 21.1. The smallest absolute Gasteiger partial charge is 0.361 e. The quantitative estimate of drug-likeness (QED) is 0.668. The van der Waals surface area contributed by atoms with Crippen molar-refractivity contribution in [1.29, 1.82) is 0 Å². The topological polar surface area (TPSA) is 86.1 Å². The number of esters is 1. The number of carbonyl (C=O) groups is 2. The lowest BCUT2D eigenvalue weighted by molar-refractivity contribution is -0.119. The average Bonchev–Trinajstić information content (AvgIpc) is 3.03. The third-order valence-electron chi connectivity index (χ3n) is 4.28. The number of halogens is 1. The van der Waals surface area contributed by atoms with Crippen LogP contribution >= 0.6 is 0 Å². The number of amides is 1. The maximum Gasteiger partial charge on any atom is 0.361 e. The highest BCUT2D eigenvalue weighted by atomic mass is 19.1. The Hall–Kier alpha value is -3.55. The van der Waals surface area contributed by atoms with Crippen molar-refractivity contribution in [3.05, 3.63) is 70.3 Å². The number of rotatable bonds is 5. The van der Waals surface area contributed by atoms with Gasteiger partial charge in [-0.25, -0.2) is 9.18 Å². The number of aryl methyl sites for hydroxylation is 4. The molecule has 1 heterocycles. The van der Waals surface area contributed by atoms with Crippen LogP contribution < -0.4 is 5.32 Å². The van der Waals surface area contributed by atoms with Crippen LogP contribution in [-0.4, -0.2) is 33.5 Å². The van der Waals surface area contributed by atoms with Crippen molar-refractivity contribution in [1.82, 2.24) is 15.0 Å². The van der Waals surface area contributed by atoms with E-state index in [1.807, 2.05) is 32.0 Å². The van der Waals surface area contributed by atoms with E-state index >= 15 is 0 Å². The third-order valence-corrected chi connectivity index (χ3v) is 4.28. The van der Waals surface area contributed by atoms with E-state index in [0.717, 1.165) is 22.4 Å². The Labute approximate surface area is 167 Å². The first kappa shape index (κ1) is 20.2. The number of anilines is 1. The highest BCUT2D eigenvalue weighted by Gasteiger charge is 2.20. The molecule has 1 amide bonds. The number of carbonyl (C=O) groups excluding carboxylic acids is 2. The van der Waals surface area contributed by atoms with Crippen molar-refractivity contribution in [3.8, 4) is 5.69 Å². The molecule has 150 valence electrons. The summed E-state index contributed by atoms with van der Waals surface area (Å²) in [5.41, 5.74) is 3.94. The average molecular weight is 396 g/mol. The Morgan fingerprint density at radius 1 is 1.03 bits per heavy atom. The first-order chi connectivity index (χ1) is 13.7. The predicted octanol–water partition coefficient (Wildman–Crippen LogP) is 3.44. The standard InChI is InChI=1S/C21H21FN4O3/c1-12-6-8-18(14(3)9-12)26-24-15(4)20(25-26)21(28)29-11-19(27)23-17-7-5-13(2)10-16(17)22/h5-10H,11H2,1-4H3,(H,23,27). The minimum Gasteiger partial charge on any atom is -0.451 e. The van der Waals surface area contributed by atoms with Gasteiger partial charge in [-0.3, -0.25) is 4.79 Å². The summed E-state index contributed by atoms with van der Waals surface area (Å²) in [6.45, 7) is 6.71. The van der Waals surface area contributed by atoms with Crippen LogP contribution in [0.2, 0.25) is 0 Å². The van der Waals surface area contributed by atoms with Crippen LogP contribution in [0, 0.1) is 33.5 Å². The monoisotopic (exact) mass is 396 g/mol. The fourth-order valence-electron chi connectivity index (χ4n) is 2.81. The zero-order valence-electron chi connectivity index (χ0n) is 16.6. The van der Waals surface area contributed by atoms with E-state index in [9.17, 15) is 14.0 Å².